The fraction of sp³-hybridized carbons (Fsp3) is 0.500. The standard InChI is InChI=1S/C12H14N4O3S2/c1-6-7(14-15-21-6)2-3-12(11(18)19)4-16-9(17)8(13)10(16)20-5-12/h2-3,8,10H,4-5,13H2,1H3,(H,18,19)/t8?,10-,12?/m1/s1. The van der Waals surface area contributed by atoms with E-state index in [2.05, 4.69) is 9.59 Å². The Morgan fingerprint density at radius 3 is 3.00 bits per heavy atom. The highest BCUT2D eigenvalue weighted by Gasteiger charge is 2.54. The number of carboxylic acids is 1. The van der Waals surface area contributed by atoms with Gasteiger partial charge in [0.15, 0.2) is 0 Å². The summed E-state index contributed by atoms with van der Waals surface area (Å²) in [6.07, 6.45) is 3.30. The fourth-order valence-corrected chi connectivity index (χ4v) is 4.34. The molecule has 9 heteroatoms. The molecule has 3 atom stereocenters. The summed E-state index contributed by atoms with van der Waals surface area (Å²) in [6.45, 7) is 2.03. The van der Waals surface area contributed by atoms with Gasteiger partial charge in [0.05, 0.1) is 0 Å². The van der Waals surface area contributed by atoms with Gasteiger partial charge in [0.2, 0.25) is 5.91 Å². The third-order valence-corrected chi connectivity index (χ3v) is 6.04. The molecule has 0 saturated carbocycles. The summed E-state index contributed by atoms with van der Waals surface area (Å²) in [5, 5.41) is 13.5. The molecule has 21 heavy (non-hydrogen) atoms. The largest absolute Gasteiger partial charge is 0.481 e. The first-order valence-corrected chi connectivity index (χ1v) is 8.16. The second kappa shape index (κ2) is 5.08. The Morgan fingerprint density at radius 1 is 1.62 bits per heavy atom. The maximum Gasteiger partial charge on any atom is 0.316 e. The van der Waals surface area contributed by atoms with Gasteiger partial charge in [0, 0.05) is 17.2 Å². The van der Waals surface area contributed by atoms with Crippen LogP contribution in [0.3, 0.4) is 0 Å². The number of nitrogens with two attached hydrogens (primary N) is 1. The van der Waals surface area contributed by atoms with Gasteiger partial charge in [-0.15, -0.1) is 16.9 Å². The van der Waals surface area contributed by atoms with Crippen LogP contribution in [0.1, 0.15) is 10.6 Å². The number of carbonyl (C=O) groups is 2. The molecule has 0 spiro atoms. The van der Waals surface area contributed by atoms with Gasteiger partial charge in [-0.3, -0.25) is 9.59 Å². The van der Waals surface area contributed by atoms with Crippen molar-refractivity contribution >= 4 is 41.2 Å². The number of aliphatic carboxylic acids is 1. The van der Waals surface area contributed by atoms with Gasteiger partial charge in [-0.1, -0.05) is 10.6 Å². The molecule has 3 rings (SSSR count). The van der Waals surface area contributed by atoms with Gasteiger partial charge in [-0.05, 0) is 24.5 Å². The molecule has 112 valence electrons. The van der Waals surface area contributed by atoms with E-state index < -0.39 is 17.4 Å². The molecule has 3 heterocycles. The SMILES string of the molecule is Cc1snnc1C=CC1(C(=O)O)CS[C@@H]2C(N)C(=O)N2C1. The van der Waals surface area contributed by atoms with Crippen molar-refractivity contribution in [3.8, 4) is 0 Å². The highest BCUT2D eigenvalue weighted by Crippen LogP contribution is 2.42. The van der Waals surface area contributed by atoms with E-state index in [9.17, 15) is 14.7 Å². The summed E-state index contributed by atoms with van der Waals surface area (Å²) in [5.41, 5.74) is 5.28. The number of carboxylic acid groups (broad SMARTS) is 1. The number of rotatable bonds is 3. The van der Waals surface area contributed by atoms with E-state index in [1.54, 1.807) is 17.1 Å². The van der Waals surface area contributed by atoms with E-state index in [1.807, 2.05) is 6.92 Å². The molecule has 2 saturated heterocycles. The number of fused-ring (bicyclic) bond motifs is 1. The summed E-state index contributed by atoms with van der Waals surface area (Å²) in [6, 6.07) is -0.504. The van der Waals surface area contributed by atoms with Crippen LogP contribution in [0.25, 0.3) is 6.08 Å². The van der Waals surface area contributed by atoms with Crippen LogP contribution >= 0.6 is 23.3 Å². The van der Waals surface area contributed by atoms with Gasteiger partial charge in [0.1, 0.15) is 22.5 Å². The van der Waals surface area contributed by atoms with E-state index in [0.29, 0.717) is 11.4 Å². The minimum atomic E-state index is -1.10. The molecule has 2 aliphatic heterocycles. The van der Waals surface area contributed by atoms with Crippen molar-refractivity contribution in [2.75, 3.05) is 12.3 Å². The summed E-state index contributed by atoms with van der Waals surface area (Å²) >= 11 is 2.68. The number of aryl methyl sites for hydroxylation is 1. The van der Waals surface area contributed by atoms with Crippen molar-refractivity contribution in [3.05, 3.63) is 16.6 Å². The zero-order chi connectivity index (χ0) is 15.2. The Bertz CT molecular complexity index is 632. The average Bonchev–Trinajstić information content (AvgIpc) is 2.89. The Balaban J connectivity index is 1.85. The first kappa shape index (κ1) is 14.5. The summed E-state index contributed by atoms with van der Waals surface area (Å²) in [7, 11) is 0. The molecule has 2 fully saturated rings. The number of amides is 1. The highest BCUT2D eigenvalue weighted by molar-refractivity contribution is 8.00. The maximum absolute atomic E-state index is 11.7. The average molecular weight is 326 g/mol. The van der Waals surface area contributed by atoms with Crippen LogP contribution in [0.2, 0.25) is 0 Å². The van der Waals surface area contributed by atoms with Crippen molar-refractivity contribution in [3.63, 3.8) is 0 Å². The van der Waals surface area contributed by atoms with Crippen LogP contribution in [0.4, 0.5) is 0 Å². The number of hydrogen-bond acceptors (Lipinski definition) is 7. The van der Waals surface area contributed by atoms with Gasteiger partial charge in [-0.25, -0.2) is 0 Å². The lowest BCUT2D eigenvalue weighted by Crippen LogP contribution is -2.71. The van der Waals surface area contributed by atoms with Crippen LogP contribution in [0.5, 0.6) is 0 Å². The molecular formula is C12H14N4O3S2. The molecule has 1 aromatic rings. The Morgan fingerprint density at radius 2 is 2.38 bits per heavy atom. The van der Waals surface area contributed by atoms with Crippen molar-refractivity contribution in [1.82, 2.24) is 14.5 Å². The molecular weight excluding hydrogens is 312 g/mol. The van der Waals surface area contributed by atoms with E-state index >= 15 is 0 Å². The summed E-state index contributed by atoms with van der Waals surface area (Å²) < 4.78 is 3.82. The number of aromatic nitrogens is 2. The van der Waals surface area contributed by atoms with E-state index in [0.717, 1.165) is 4.88 Å². The predicted octanol–water partition coefficient (Wildman–Crippen LogP) is 0.173. The molecule has 1 amide bonds. The van der Waals surface area contributed by atoms with Crippen LogP contribution in [-0.4, -0.2) is 55.2 Å². The molecule has 0 radical (unpaired) electrons. The van der Waals surface area contributed by atoms with Crippen molar-refractivity contribution < 1.29 is 14.7 Å². The Kier molecular flexibility index (Phi) is 3.50. The third-order valence-electron chi connectivity index (χ3n) is 3.82. The zero-order valence-electron chi connectivity index (χ0n) is 11.2. The third kappa shape index (κ3) is 2.25. The lowest BCUT2D eigenvalue weighted by atomic mass is 9.86. The maximum atomic E-state index is 11.7. The molecule has 0 bridgehead atoms. The van der Waals surface area contributed by atoms with Crippen LogP contribution in [0, 0.1) is 12.3 Å². The predicted molar refractivity (Wildman–Crippen MR) is 79.7 cm³/mol. The second-order valence-electron chi connectivity index (χ2n) is 5.20. The molecule has 1 aromatic heterocycles. The zero-order valence-corrected chi connectivity index (χ0v) is 12.9. The monoisotopic (exact) mass is 326 g/mol. The first-order valence-electron chi connectivity index (χ1n) is 6.34. The molecule has 2 unspecified atom stereocenters. The minimum absolute atomic E-state index is 0.0962. The first-order chi connectivity index (χ1) is 9.94. The topological polar surface area (TPSA) is 109 Å². The highest BCUT2D eigenvalue weighted by atomic mass is 32.2. The number of hydrogen-bond donors (Lipinski definition) is 2. The summed E-state index contributed by atoms with van der Waals surface area (Å²) in [4.78, 5) is 25.9. The molecule has 0 aromatic carbocycles. The van der Waals surface area contributed by atoms with E-state index in [4.69, 9.17) is 5.73 Å². The summed E-state index contributed by atoms with van der Waals surface area (Å²) in [5.74, 6) is -0.742. The number of nitrogens with zero attached hydrogens (tertiary/aromatic N) is 3. The van der Waals surface area contributed by atoms with Gasteiger partial charge in [0.25, 0.3) is 0 Å². The van der Waals surface area contributed by atoms with Crippen LogP contribution in [-0.2, 0) is 9.59 Å². The molecule has 2 aliphatic rings. The minimum Gasteiger partial charge on any atom is -0.481 e. The van der Waals surface area contributed by atoms with Crippen molar-refractivity contribution in [2.24, 2.45) is 11.1 Å². The Labute approximate surface area is 129 Å². The van der Waals surface area contributed by atoms with Gasteiger partial charge in [-0.2, -0.15) is 0 Å². The quantitative estimate of drug-likeness (QED) is 0.762. The lowest BCUT2D eigenvalue weighted by molar-refractivity contribution is -0.153. The van der Waals surface area contributed by atoms with Crippen LogP contribution < -0.4 is 5.73 Å². The molecule has 3 N–H and O–H groups in total. The van der Waals surface area contributed by atoms with Gasteiger partial charge >= 0.3 is 5.97 Å². The lowest BCUT2D eigenvalue weighted by Gasteiger charge is -2.52. The second-order valence-corrected chi connectivity index (χ2v) is 7.27. The van der Waals surface area contributed by atoms with Crippen LogP contribution in [0.15, 0.2) is 6.08 Å². The molecule has 7 nitrogen and oxygen atoms in total. The fourth-order valence-electron chi connectivity index (χ4n) is 2.43. The van der Waals surface area contributed by atoms with Gasteiger partial charge < -0.3 is 15.7 Å². The van der Waals surface area contributed by atoms with Crippen molar-refractivity contribution in [1.29, 1.82) is 0 Å². The normalized spacial score (nSPS) is 32.1. The number of carbonyl (C=O) groups excluding carboxylic acids is 1. The Hall–Kier alpha value is -1.45. The smallest absolute Gasteiger partial charge is 0.316 e. The van der Waals surface area contributed by atoms with E-state index in [-0.39, 0.29) is 17.8 Å². The number of thioether (sulfide) groups is 1. The van der Waals surface area contributed by atoms with Crippen molar-refractivity contribution in [2.45, 2.75) is 18.3 Å². The molecule has 0 aliphatic carbocycles. The number of β-lactam (4-membered cyclic amide) rings is 1. The van der Waals surface area contributed by atoms with E-state index in [1.165, 1.54) is 23.3 Å².